The SMILES string of the molecule is Nc1c(S(=O)(=O)c2ccc(Cl)cc2)cc2c(=O)n3ccccc3nc2[n+]1C1CCCC1. The number of hydrogen-bond acceptors (Lipinski definition) is 5. The Morgan fingerprint density at radius 2 is 1.81 bits per heavy atom. The molecule has 0 atom stereocenters. The summed E-state index contributed by atoms with van der Waals surface area (Å²) in [6.45, 7) is 0. The number of rotatable bonds is 3. The molecule has 0 unspecified atom stereocenters. The van der Waals surface area contributed by atoms with E-state index >= 15 is 0 Å². The van der Waals surface area contributed by atoms with Crippen LogP contribution in [0.15, 0.2) is 69.3 Å². The highest BCUT2D eigenvalue weighted by Crippen LogP contribution is 2.32. The van der Waals surface area contributed by atoms with Gasteiger partial charge >= 0.3 is 0 Å². The lowest BCUT2D eigenvalue weighted by molar-refractivity contribution is -0.686. The Labute approximate surface area is 183 Å². The van der Waals surface area contributed by atoms with Gasteiger partial charge in [0.25, 0.3) is 11.2 Å². The summed E-state index contributed by atoms with van der Waals surface area (Å²) in [6, 6.07) is 12.5. The molecular formula is C22H20ClN4O3S+. The number of fused-ring (bicyclic) bond motifs is 2. The quantitative estimate of drug-likeness (QED) is 0.377. The van der Waals surface area contributed by atoms with Gasteiger partial charge in [-0.3, -0.25) is 9.20 Å². The highest BCUT2D eigenvalue weighted by atomic mass is 35.5. The Morgan fingerprint density at radius 1 is 1.10 bits per heavy atom. The van der Waals surface area contributed by atoms with Crippen molar-refractivity contribution in [1.29, 1.82) is 0 Å². The number of pyridine rings is 2. The van der Waals surface area contributed by atoms with Crippen molar-refractivity contribution >= 4 is 43.9 Å². The molecule has 0 bridgehead atoms. The lowest BCUT2D eigenvalue weighted by atomic mass is 10.2. The van der Waals surface area contributed by atoms with E-state index in [0.29, 0.717) is 16.3 Å². The van der Waals surface area contributed by atoms with Crippen LogP contribution in [0.25, 0.3) is 16.7 Å². The minimum Gasteiger partial charge on any atom is -0.317 e. The van der Waals surface area contributed by atoms with E-state index in [4.69, 9.17) is 17.3 Å². The van der Waals surface area contributed by atoms with Crippen molar-refractivity contribution in [3.8, 4) is 0 Å². The number of nitrogens with two attached hydrogens (primary N) is 1. The molecule has 1 aromatic carbocycles. The van der Waals surface area contributed by atoms with Crippen molar-refractivity contribution in [2.45, 2.75) is 41.5 Å². The molecule has 7 nitrogen and oxygen atoms in total. The normalized spacial score (nSPS) is 15.1. The molecule has 1 saturated carbocycles. The summed E-state index contributed by atoms with van der Waals surface area (Å²) in [4.78, 5) is 17.9. The van der Waals surface area contributed by atoms with Gasteiger partial charge in [0, 0.05) is 11.2 Å². The third-order valence-electron chi connectivity index (χ3n) is 5.87. The summed E-state index contributed by atoms with van der Waals surface area (Å²) in [5.41, 5.74) is 7.05. The van der Waals surface area contributed by atoms with Crippen LogP contribution in [-0.4, -0.2) is 17.8 Å². The Balaban J connectivity index is 1.89. The van der Waals surface area contributed by atoms with Gasteiger partial charge in [-0.2, -0.15) is 0 Å². The highest BCUT2D eigenvalue weighted by Gasteiger charge is 2.33. The van der Waals surface area contributed by atoms with E-state index < -0.39 is 9.84 Å². The second-order valence-electron chi connectivity index (χ2n) is 7.74. The summed E-state index contributed by atoms with van der Waals surface area (Å²) >= 11 is 5.93. The summed E-state index contributed by atoms with van der Waals surface area (Å²) in [5, 5.41) is 0.651. The Hall–Kier alpha value is -2.97. The molecule has 5 rings (SSSR count). The van der Waals surface area contributed by atoms with Gasteiger partial charge in [0.2, 0.25) is 21.3 Å². The number of hydrogen-bond donors (Lipinski definition) is 1. The van der Waals surface area contributed by atoms with Crippen molar-refractivity contribution in [2.24, 2.45) is 0 Å². The summed E-state index contributed by atoms with van der Waals surface area (Å²) in [7, 11) is -3.98. The van der Waals surface area contributed by atoms with Crippen LogP contribution >= 0.6 is 11.6 Å². The van der Waals surface area contributed by atoms with Gasteiger partial charge in [-0.25, -0.2) is 13.0 Å². The van der Waals surface area contributed by atoms with E-state index in [0.717, 1.165) is 25.7 Å². The predicted octanol–water partition coefficient (Wildman–Crippen LogP) is 3.32. The van der Waals surface area contributed by atoms with Crippen molar-refractivity contribution in [3.05, 3.63) is 70.1 Å². The second kappa shape index (κ2) is 7.32. The van der Waals surface area contributed by atoms with Gasteiger partial charge in [0.15, 0.2) is 0 Å². The van der Waals surface area contributed by atoms with E-state index in [2.05, 4.69) is 4.98 Å². The van der Waals surface area contributed by atoms with Crippen LogP contribution in [-0.2, 0) is 9.84 Å². The molecule has 3 heterocycles. The average molecular weight is 456 g/mol. The van der Waals surface area contributed by atoms with Crippen LogP contribution < -0.4 is 15.9 Å². The number of aromatic nitrogens is 3. The molecule has 31 heavy (non-hydrogen) atoms. The molecule has 0 aliphatic heterocycles. The molecular weight excluding hydrogens is 436 g/mol. The number of benzene rings is 1. The standard InChI is InChI=1S/C22H19ClN4O3S/c23-14-8-10-16(11-9-14)31(29,30)18-13-17-21(27(20(18)24)15-5-1-2-6-15)25-19-7-3-4-12-26(19)22(17)28/h3-4,7-13,15,24H,1-2,5-6H2/p+1. The van der Waals surface area contributed by atoms with Gasteiger partial charge in [-0.05, 0) is 68.1 Å². The summed E-state index contributed by atoms with van der Waals surface area (Å²) in [5.74, 6) is 0.0986. The largest absolute Gasteiger partial charge is 0.317 e. The van der Waals surface area contributed by atoms with Crippen LogP contribution in [0.4, 0.5) is 5.82 Å². The first-order valence-corrected chi connectivity index (χ1v) is 11.9. The third-order valence-corrected chi connectivity index (χ3v) is 7.92. The van der Waals surface area contributed by atoms with Crippen molar-refractivity contribution in [3.63, 3.8) is 0 Å². The van der Waals surface area contributed by atoms with E-state index in [-0.39, 0.29) is 32.6 Å². The predicted molar refractivity (Wildman–Crippen MR) is 118 cm³/mol. The van der Waals surface area contributed by atoms with E-state index in [1.54, 1.807) is 29.0 Å². The number of nitrogen functional groups attached to an aromatic ring is 1. The molecule has 158 valence electrons. The monoisotopic (exact) mass is 455 g/mol. The minimum atomic E-state index is -3.98. The molecule has 0 spiro atoms. The van der Waals surface area contributed by atoms with Gasteiger partial charge in [-0.15, -0.1) is 0 Å². The number of nitrogens with zero attached hydrogens (tertiary/aromatic N) is 3. The average Bonchev–Trinajstić information content (AvgIpc) is 3.28. The molecule has 3 aromatic heterocycles. The minimum absolute atomic E-state index is 0.0130. The molecule has 1 fully saturated rings. The Morgan fingerprint density at radius 3 is 2.52 bits per heavy atom. The molecule has 0 radical (unpaired) electrons. The molecule has 9 heteroatoms. The van der Waals surface area contributed by atoms with Crippen molar-refractivity contribution in [1.82, 2.24) is 9.38 Å². The maximum Gasteiger partial charge on any atom is 0.278 e. The van der Waals surface area contributed by atoms with Gasteiger partial charge in [0.05, 0.1) is 10.9 Å². The van der Waals surface area contributed by atoms with Crippen LogP contribution in [0.2, 0.25) is 5.02 Å². The third kappa shape index (κ3) is 3.18. The Bertz CT molecular complexity index is 1490. The lowest BCUT2D eigenvalue weighted by Gasteiger charge is -2.17. The van der Waals surface area contributed by atoms with Crippen LogP contribution in [0.1, 0.15) is 31.7 Å². The van der Waals surface area contributed by atoms with E-state index in [9.17, 15) is 13.2 Å². The zero-order chi connectivity index (χ0) is 21.8. The maximum absolute atomic E-state index is 13.5. The molecule has 1 aliphatic carbocycles. The number of sulfone groups is 1. The van der Waals surface area contributed by atoms with E-state index in [1.165, 1.54) is 34.7 Å². The maximum atomic E-state index is 13.5. The molecule has 1 aliphatic rings. The fraction of sp³-hybridized carbons (Fsp3) is 0.227. The topological polar surface area (TPSA) is 98.4 Å². The zero-order valence-corrected chi connectivity index (χ0v) is 18.1. The fourth-order valence-corrected chi connectivity index (χ4v) is 5.85. The molecule has 0 saturated heterocycles. The second-order valence-corrected chi connectivity index (χ2v) is 10.1. The van der Waals surface area contributed by atoms with Crippen molar-refractivity contribution in [2.75, 3.05) is 5.73 Å². The first kappa shape index (κ1) is 20.0. The van der Waals surface area contributed by atoms with E-state index in [1.807, 2.05) is 0 Å². The molecule has 4 aromatic rings. The Kier molecular flexibility index (Phi) is 4.71. The van der Waals surface area contributed by atoms with Crippen LogP contribution in [0.5, 0.6) is 0 Å². The molecule has 0 amide bonds. The van der Waals surface area contributed by atoms with Crippen molar-refractivity contribution < 1.29 is 13.0 Å². The van der Waals surface area contributed by atoms with Gasteiger partial charge < -0.3 is 5.73 Å². The van der Waals surface area contributed by atoms with Gasteiger partial charge in [-0.1, -0.05) is 22.7 Å². The number of halogens is 1. The smallest absolute Gasteiger partial charge is 0.278 e. The molecule has 2 N–H and O–H groups in total. The first-order valence-electron chi connectivity index (χ1n) is 10.0. The number of anilines is 1. The fourth-order valence-electron chi connectivity index (χ4n) is 4.33. The highest BCUT2D eigenvalue weighted by molar-refractivity contribution is 7.91. The van der Waals surface area contributed by atoms with Crippen LogP contribution in [0.3, 0.4) is 0 Å². The van der Waals surface area contributed by atoms with Crippen LogP contribution in [0, 0.1) is 0 Å². The lowest BCUT2D eigenvalue weighted by Crippen LogP contribution is -2.44. The first-order chi connectivity index (χ1) is 14.9. The zero-order valence-electron chi connectivity index (χ0n) is 16.5. The summed E-state index contributed by atoms with van der Waals surface area (Å²) in [6.07, 6.45) is 5.35. The summed E-state index contributed by atoms with van der Waals surface area (Å²) < 4.78 is 30.1. The van der Waals surface area contributed by atoms with Gasteiger partial charge in [0.1, 0.15) is 10.3 Å².